The van der Waals surface area contributed by atoms with Crippen molar-refractivity contribution in [3.05, 3.63) is 0 Å². The summed E-state index contributed by atoms with van der Waals surface area (Å²) in [7, 11) is -4.17. The van der Waals surface area contributed by atoms with Gasteiger partial charge in [0.05, 0.1) is 12.5 Å². The lowest BCUT2D eigenvalue weighted by Crippen LogP contribution is -2.20. The van der Waals surface area contributed by atoms with Crippen LogP contribution >= 0.6 is 0 Å². The van der Waals surface area contributed by atoms with E-state index >= 15 is 0 Å². The van der Waals surface area contributed by atoms with Gasteiger partial charge in [-0.3, -0.25) is 4.79 Å². The van der Waals surface area contributed by atoms with E-state index in [1.165, 1.54) is 0 Å². The zero-order valence-corrected chi connectivity index (χ0v) is 9.63. The fourth-order valence-corrected chi connectivity index (χ4v) is 1.32. The highest BCUT2D eigenvalue weighted by Crippen LogP contribution is 2.05. The molecule has 0 unspecified atom stereocenters. The molecule has 0 spiro atoms. The van der Waals surface area contributed by atoms with E-state index in [-0.39, 0.29) is 12.5 Å². The summed E-state index contributed by atoms with van der Waals surface area (Å²) in [5.74, 6) is -1.25. The molecule has 84 valence electrons. The normalized spacial score (nSPS) is 12.1. The summed E-state index contributed by atoms with van der Waals surface area (Å²) in [4.78, 5) is 10.9. The summed E-state index contributed by atoms with van der Waals surface area (Å²) in [6, 6.07) is 0. The van der Waals surface area contributed by atoms with E-state index in [2.05, 4.69) is 8.37 Å². The predicted octanol–water partition coefficient (Wildman–Crippen LogP) is 1.10. The van der Waals surface area contributed by atoms with Crippen LogP contribution in [-0.4, -0.2) is 21.0 Å². The number of hydrogen-bond donors (Lipinski definition) is 0. The molecule has 0 atom stereocenters. The highest BCUT2D eigenvalue weighted by Gasteiger charge is 2.20. The quantitative estimate of drug-likeness (QED) is 0.699. The molecule has 0 aromatic heterocycles. The van der Waals surface area contributed by atoms with Gasteiger partial charge in [0.25, 0.3) is 0 Å². The highest BCUT2D eigenvalue weighted by atomic mass is 32.3. The number of hydrogen-bond acceptors (Lipinski definition) is 5. The minimum absolute atomic E-state index is 0.00765. The van der Waals surface area contributed by atoms with Gasteiger partial charge in [0.15, 0.2) is 0 Å². The van der Waals surface area contributed by atoms with Crippen LogP contribution in [0.4, 0.5) is 0 Å². The van der Waals surface area contributed by atoms with Gasteiger partial charge in [-0.05, 0) is 5.92 Å². The van der Waals surface area contributed by atoms with E-state index in [1.54, 1.807) is 27.7 Å². The third kappa shape index (κ3) is 5.93. The third-order valence-electron chi connectivity index (χ3n) is 1.20. The molecule has 0 aromatic rings. The number of carbonyl (C=O) groups is 1. The van der Waals surface area contributed by atoms with Crippen molar-refractivity contribution < 1.29 is 21.6 Å². The van der Waals surface area contributed by atoms with E-state index in [1.807, 2.05) is 0 Å². The fourth-order valence-electron chi connectivity index (χ4n) is 0.440. The summed E-state index contributed by atoms with van der Waals surface area (Å²) < 4.78 is 30.6. The zero-order chi connectivity index (χ0) is 11.4. The van der Waals surface area contributed by atoms with Gasteiger partial charge in [-0.2, -0.15) is 8.42 Å². The first kappa shape index (κ1) is 13.4. The smallest absolute Gasteiger partial charge is 0.325 e. The monoisotopic (exact) mass is 224 g/mol. The zero-order valence-electron chi connectivity index (χ0n) is 8.81. The molecule has 0 aromatic carbocycles. The first-order chi connectivity index (χ1) is 6.24. The fraction of sp³-hybridized carbons (Fsp3) is 0.875. The summed E-state index contributed by atoms with van der Waals surface area (Å²) in [6.45, 7) is 6.67. The molecule has 0 N–H and O–H groups in total. The Bertz CT molecular complexity index is 278. The van der Waals surface area contributed by atoms with E-state index in [4.69, 9.17) is 0 Å². The van der Waals surface area contributed by atoms with E-state index in [9.17, 15) is 13.2 Å². The Morgan fingerprint density at radius 1 is 1.21 bits per heavy atom. The van der Waals surface area contributed by atoms with Crippen molar-refractivity contribution in [2.24, 2.45) is 11.8 Å². The topological polar surface area (TPSA) is 69.7 Å². The van der Waals surface area contributed by atoms with Crippen LogP contribution in [0.3, 0.4) is 0 Å². The Morgan fingerprint density at radius 2 is 1.71 bits per heavy atom. The van der Waals surface area contributed by atoms with Crippen molar-refractivity contribution in [3.8, 4) is 0 Å². The van der Waals surface area contributed by atoms with Crippen LogP contribution in [0.5, 0.6) is 0 Å². The SMILES string of the molecule is CC(C)COS(=O)(=O)OC(=O)C(C)C. The lowest BCUT2D eigenvalue weighted by atomic mass is 10.2. The lowest BCUT2D eigenvalue weighted by molar-refractivity contribution is -0.138. The van der Waals surface area contributed by atoms with Gasteiger partial charge < -0.3 is 4.18 Å². The van der Waals surface area contributed by atoms with Gasteiger partial charge in [-0.1, -0.05) is 27.7 Å². The van der Waals surface area contributed by atoms with Crippen LogP contribution in [0, 0.1) is 11.8 Å². The van der Waals surface area contributed by atoms with Crippen LogP contribution in [0.2, 0.25) is 0 Å². The molecule has 5 nitrogen and oxygen atoms in total. The first-order valence-corrected chi connectivity index (χ1v) is 5.70. The minimum Gasteiger partial charge on any atom is -0.325 e. The molecule has 14 heavy (non-hydrogen) atoms. The average Bonchev–Trinajstić information content (AvgIpc) is 2.00. The standard InChI is InChI=1S/C8H16O5S/c1-6(2)5-12-14(10,11)13-8(9)7(3)4/h6-7H,5H2,1-4H3. The number of carbonyl (C=O) groups excluding carboxylic acids is 1. The molecule has 0 amide bonds. The molecule has 0 aliphatic heterocycles. The van der Waals surface area contributed by atoms with Gasteiger partial charge in [0.2, 0.25) is 0 Å². The highest BCUT2D eigenvalue weighted by molar-refractivity contribution is 7.82. The second kappa shape index (κ2) is 5.31. The van der Waals surface area contributed by atoms with E-state index in [0.29, 0.717) is 0 Å². The maximum atomic E-state index is 11.0. The molecule has 0 aliphatic rings. The molecular formula is C8H16O5S. The molecule has 0 saturated carbocycles. The molecule has 0 bridgehead atoms. The van der Waals surface area contributed by atoms with Crippen molar-refractivity contribution in [3.63, 3.8) is 0 Å². The Balaban J connectivity index is 4.15. The Labute approximate surface area is 84.7 Å². The van der Waals surface area contributed by atoms with Crippen LogP contribution in [0.15, 0.2) is 0 Å². The molecule has 0 rings (SSSR count). The molecule has 0 aliphatic carbocycles. The van der Waals surface area contributed by atoms with E-state index in [0.717, 1.165) is 0 Å². The van der Waals surface area contributed by atoms with Crippen molar-refractivity contribution in [1.82, 2.24) is 0 Å². The predicted molar refractivity (Wildman–Crippen MR) is 50.6 cm³/mol. The van der Waals surface area contributed by atoms with Crippen molar-refractivity contribution >= 4 is 16.4 Å². The Hall–Kier alpha value is -0.620. The largest absolute Gasteiger partial charge is 0.451 e. The molecule has 0 radical (unpaired) electrons. The number of rotatable bonds is 5. The lowest BCUT2D eigenvalue weighted by Gasteiger charge is -2.08. The van der Waals surface area contributed by atoms with Gasteiger partial charge in [-0.15, -0.1) is 0 Å². The third-order valence-corrected chi connectivity index (χ3v) is 1.99. The van der Waals surface area contributed by atoms with Crippen LogP contribution in [0.25, 0.3) is 0 Å². The van der Waals surface area contributed by atoms with Gasteiger partial charge in [0, 0.05) is 0 Å². The van der Waals surface area contributed by atoms with Gasteiger partial charge in [0.1, 0.15) is 0 Å². The van der Waals surface area contributed by atoms with Crippen LogP contribution < -0.4 is 0 Å². The molecule has 0 fully saturated rings. The molecule has 6 heteroatoms. The van der Waals surface area contributed by atoms with Crippen molar-refractivity contribution in [2.75, 3.05) is 6.61 Å². The maximum Gasteiger partial charge on any atom is 0.451 e. The van der Waals surface area contributed by atoms with Crippen LogP contribution in [-0.2, 0) is 23.6 Å². The molecular weight excluding hydrogens is 208 g/mol. The van der Waals surface area contributed by atoms with Gasteiger partial charge >= 0.3 is 16.4 Å². The minimum atomic E-state index is -4.17. The summed E-state index contributed by atoms with van der Waals surface area (Å²) >= 11 is 0. The second-order valence-electron chi connectivity index (χ2n) is 3.64. The molecule has 0 heterocycles. The van der Waals surface area contributed by atoms with Crippen molar-refractivity contribution in [2.45, 2.75) is 27.7 Å². The maximum absolute atomic E-state index is 11.0. The summed E-state index contributed by atoms with van der Waals surface area (Å²) in [5, 5.41) is 0. The Kier molecular flexibility index (Phi) is 5.07. The van der Waals surface area contributed by atoms with Crippen molar-refractivity contribution in [1.29, 1.82) is 0 Å². The summed E-state index contributed by atoms with van der Waals surface area (Å²) in [5.41, 5.74) is 0. The van der Waals surface area contributed by atoms with E-state index < -0.39 is 22.3 Å². The summed E-state index contributed by atoms with van der Waals surface area (Å²) in [6.07, 6.45) is 0. The Morgan fingerprint density at radius 3 is 2.07 bits per heavy atom. The average molecular weight is 224 g/mol. The second-order valence-corrected chi connectivity index (χ2v) is 4.86. The van der Waals surface area contributed by atoms with Crippen LogP contribution in [0.1, 0.15) is 27.7 Å². The van der Waals surface area contributed by atoms with Gasteiger partial charge in [-0.25, -0.2) is 4.18 Å². The molecule has 0 saturated heterocycles. The first-order valence-electron chi connectivity index (χ1n) is 4.37.